The number of hydrogen-bond donors (Lipinski definition) is 2. The fraction of sp³-hybridized carbons (Fsp3) is 0.462. The first-order valence-electron chi connectivity index (χ1n) is 6.41. The van der Waals surface area contributed by atoms with Gasteiger partial charge in [0.25, 0.3) is 11.6 Å². The van der Waals surface area contributed by atoms with Gasteiger partial charge in [-0.3, -0.25) is 14.9 Å². The molecule has 110 valence electrons. The topological polar surface area (TPSA) is 87.5 Å². The van der Waals surface area contributed by atoms with Crippen molar-refractivity contribution in [3.8, 4) is 0 Å². The molecule has 7 nitrogen and oxygen atoms in total. The molecule has 0 atom stereocenters. The van der Waals surface area contributed by atoms with E-state index in [1.807, 2.05) is 25.9 Å². The minimum atomic E-state index is -0.467. The quantitative estimate of drug-likeness (QED) is 0.581. The Morgan fingerprint density at radius 3 is 2.65 bits per heavy atom. The molecule has 0 saturated carbocycles. The lowest BCUT2D eigenvalue weighted by Gasteiger charge is -2.11. The van der Waals surface area contributed by atoms with E-state index in [0.29, 0.717) is 24.3 Å². The van der Waals surface area contributed by atoms with Gasteiger partial charge in [-0.2, -0.15) is 0 Å². The van der Waals surface area contributed by atoms with Gasteiger partial charge in [-0.05, 0) is 33.2 Å². The smallest absolute Gasteiger partial charge is 0.292 e. The highest BCUT2D eigenvalue weighted by Gasteiger charge is 2.16. The van der Waals surface area contributed by atoms with Crippen molar-refractivity contribution in [1.29, 1.82) is 0 Å². The second kappa shape index (κ2) is 7.44. The molecule has 0 radical (unpaired) electrons. The van der Waals surface area contributed by atoms with E-state index in [9.17, 15) is 14.9 Å². The molecule has 0 fully saturated rings. The van der Waals surface area contributed by atoms with Crippen LogP contribution in [0.5, 0.6) is 0 Å². The maximum Gasteiger partial charge on any atom is 0.292 e. The van der Waals surface area contributed by atoms with Crippen LogP contribution in [0.25, 0.3) is 0 Å². The summed E-state index contributed by atoms with van der Waals surface area (Å²) < 4.78 is 0. The van der Waals surface area contributed by atoms with Gasteiger partial charge in [0.1, 0.15) is 5.69 Å². The van der Waals surface area contributed by atoms with E-state index in [2.05, 4.69) is 10.6 Å². The van der Waals surface area contributed by atoms with Crippen LogP contribution in [0, 0.1) is 10.1 Å². The Hall–Kier alpha value is -2.15. The molecule has 0 aromatic heterocycles. The van der Waals surface area contributed by atoms with Crippen molar-refractivity contribution < 1.29 is 9.72 Å². The Kier molecular flexibility index (Phi) is 5.92. The second-order valence-corrected chi connectivity index (χ2v) is 4.58. The summed E-state index contributed by atoms with van der Waals surface area (Å²) in [6.07, 6.45) is 0. The number of nitro groups is 1. The third-order valence-electron chi connectivity index (χ3n) is 2.67. The first-order chi connectivity index (χ1) is 9.45. The van der Waals surface area contributed by atoms with Crippen LogP contribution < -0.4 is 10.6 Å². The molecule has 1 aromatic rings. The minimum Gasteiger partial charge on any atom is -0.380 e. The molecule has 1 amide bonds. The maximum absolute atomic E-state index is 11.9. The summed E-state index contributed by atoms with van der Waals surface area (Å²) in [4.78, 5) is 24.3. The number of carbonyl (C=O) groups excluding carboxylic acids is 1. The van der Waals surface area contributed by atoms with Gasteiger partial charge in [-0.25, -0.2) is 0 Å². The zero-order valence-corrected chi connectivity index (χ0v) is 12.0. The van der Waals surface area contributed by atoms with Crippen molar-refractivity contribution in [1.82, 2.24) is 10.2 Å². The zero-order valence-electron chi connectivity index (χ0n) is 12.0. The van der Waals surface area contributed by atoms with Crippen molar-refractivity contribution in [3.05, 3.63) is 33.9 Å². The monoisotopic (exact) mass is 280 g/mol. The average Bonchev–Trinajstić information content (AvgIpc) is 2.38. The van der Waals surface area contributed by atoms with Gasteiger partial charge in [-0.15, -0.1) is 0 Å². The highest BCUT2D eigenvalue weighted by Crippen LogP contribution is 2.25. The molecule has 0 aliphatic carbocycles. The minimum absolute atomic E-state index is 0.0308. The summed E-state index contributed by atoms with van der Waals surface area (Å²) in [6, 6.07) is 4.31. The van der Waals surface area contributed by atoms with Crippen molar-refractivity contribution in [2.75, 3.05) is 39.0 Å². The third kappa shape index (κ3) is 4.51. The van der Waals surface area contributed by atoms with Crippen LogP contribution in [-0.2, 0) is 0 Å². The lowest BCUT2D eigenvalue weighted by molar-refractivity contribution is -0.384. The van der Waals surface area contributed by atoms with Gasteiger partial charge in [0.15, 0.2) is 0 Å². The van der Waals surface area contributed by atoms with Gasteiger partial charge >= 0.3 is 0 Å². The first kappa shape index (κ1) is 15.9. The number of benzene rings is 1. The Balaban J connectivity index is 2.82. The standard InChI is InChI=1S/C13H20N4O3/c1-4-14-11-9-10(5-6-12(11)17(19)20)13(18)15-7-8-16(2)3/h5-6,9,14H,4,7-8H2,1-3H3,(H,15,18). The Labute approximate surface area is 118 Å². The summed E-state index contributed by atoms with van der Waals surface area (Å²) >= 11 is 0. The molecule has 0 aliphatic heterocycles. The van der Waals surface area contributed by atoms with Crippen LogP contribution in [0.3, 0.4) is 0 Å². The molecule has 0 unspecified atom stereocenters. The molecule has 1 aromatic carbocycles. The van der Waals surface area contributed by atoms with Crippen molar-refractivity contribution in [2.45, 2.75) is 6.92 Å². The largest absolute Gasteiger partial charge is 0.380 e. The number of rotatable bonds is 7. The van der Waals surface area contributed by atoms with Gasteiger partial charge in [-0.1, -0.05) is 0 Å². The van der Waals surface area contributed by atoms with Crippen LogP contribution in [0.2, 0.25) is 0 Å². The maximum atomic E-state index is 11.9. The third-order valence-corrected chi connectivity index (χ3v) is 2.67. The summed E-state index contributed by atoms with van der Waals surface area (Å²) in [7, 11) is 3.84. The Bertz CT molecular complexity index is 489. The van der Waals surface area contributed by atoms with Crippen LogP contribution in [-0.4, -0.2) is 49.5 Å². The SMILES string of the molecule is CCNc1cc(C(=O)NCCN(C)C)ccc1[N+](=O)[O-]. The molecule has 7 heteroatoms. The zero-order chi connectivity index (χ0) is 15.1. The highest BCUT2D eigenvalue weighted by molar-refractivity contribution is 5.95. The second-order valence-electron chi connectivity index (χ2n) is 4.58. The normalized spacial score (nSPS) is 10.4. The predicted molar refractivity (Wildman–Crippen MR) is 78.1 cm³/mol. The molecule has 1 rings (SSSR count). The van der Waals surface area contributed by atoms with Crippen molar-refractivity contribution in [3.63, 3.8) is 0 Å². The molecule has 2 N–H and O–H groups in total. The first-order valence-corrected chi connectivity index (χ1v) is 6.41. The number of carbonyl (C=O) groups is 1. The lowest BCUT2D eigenvalue weighted by atomic mass is 10.1. The van der Waals surface area contributed by atoms with E-state index in [4.69, 9.17) is 0 Å². The molecular formula is C13H20N4O3. The predicted octanol–water partition coefficient (Wildman–Crippen LogP) is 1.32. The summed E-state index contributed by atoms with van der Waals surface area (Å²) in [5.41, 5.74) is 0.736. The number of hydrogen-bond acceptors (Lipinski definition) is 5. The summed E-state index contributed by atoms with van der Waals surface area (Å²) in [6.45, 7) is 3.65. The van der Waals surface area contributed by atoms with Gasteiger partial charge < -0.3 is 15.5 Å². The molecule has 0 heterocycles. The van der Waals surface area contributed by atoms with E-state index in [-0.39, 0.29) is 11.6 Å². The molecule has 0 spiro atoms. The van der Waals surface area contributed by atoms with E-state index in [0.717, 1.165) is 6.54 Å². The highest BCUT2D eigenvalue weighted by atomic mass is 16.6. The van der Waals surface area contributed by atoms with Gasteiger partial charge in [0, 0.05) is 31.3 Å². The number of nitrogens with zero attached hydrogens (tertiary/aromatic N) is 2. The van der Waals surface area contributed by atoms with E-state index >= 15 is 0 Å². The lowest BCUT2D eigenvalue weighted by Crippen LogP contribution is -2.31. The number of nitro benzene ring substituents is 1. The number of likely N-dealkylation sites (N-methyl/N-ethyl adjacent to an activating group) is 1. The van der Waals surface area contributed by atoms with Crippen LogP contribution in [0.1, 0.15) is 17.3 Å². The number of amides is 1. The van der Waals surface area contributed by atoms with Gasteiger partial charge in [0.2, 0.25) is 0 Å². The fourth-order valence-corrected chi connectivity index (χ4v) is 1.66. The summed E-state index contributed by atoms with van der Waals surface area (Å²) in [5, 5.41) is 16.6. The van der Waals surface area contributed by atoms with E-state index < -0.39 is 4.92 Å². The fourth-order valence-electron chi connectivity index (χ4n) is 1.66. The molecule has 20 heavy (non-hydrogen) atoms. The number of nitrogens with one attached hydrogen (secondary N) is 2. The van der Waals surface area contributed by atoms with Gasteiger partial charge in [0.05, 0.1) is 4.92 Å². The Morgan fingerprint density at radius 1 is 1.40 bits per heavy atom. The molecule has 0 bridgehead atoms. The van der Waals surface area contributed by atoms with Crippen LogP contribution >= 0.6 is 0 Å². The van der Waals surface area contributed by atoms with E-state index in [1.165, 1.54) is 18.2 Å². The Morgan fingerprint density at radius 2 is 2.10 bits per heavy atom. The van der Waals surface area contributed by atoms with Crippen LogP contribution in [0.15, 0.2) is 18.2 Å². The van der Waals surface area contributed by atoms with Crippen molar-refractivity contribution >= 4 is 17.3 Å². The molecule has 0 aliphatic rings. The number of anilines is 1. The van der Waals surface area contributed by atoms with E-state index in [1.54, 1.807) is 0 Å². The molecular weight excluding hydrogens is 260 g/mol. The van der Waals surface area contributed by atoms with Crippen LogP contribution in [0.4, 0.5) is 11.4 Å². The van der Waals surface area contributed by atoms with Crippen molar-refractivity contribution in [2.24, 2.45) is 0 Å². The average molecular weight is 280 g/mol. The summed E-state index contributed by atoms with van der Waals surface area (Å²) in [5.74, 6) is -0.235. The molecule has 0 saturated heterocycles.